The van der Waals surface area contributed by atoms with E-state index in [9.17, 15) is 4.79 Å². The van der Waals surface area contributed by atoms with Crippen molar-refractivity contribution in [3.63, 3.8) is 0 Å². The van der Waals surface area contributed by atoms with Crippen molar-refractivity contribution < 1.29 is 9.53 Å². The summed E-state index contributed by atoms with van der Waals surface area (Å²) in [5, 5.41) is 3.45. The van der Waals surface area contributed by atoms with Gasteiger partial charge >= 0.3 is 6.09 Å². The van der Waals surface area contributed by atoms with E-state index in [1.54, 1.807) is 0 Å². The molecule has 0 aromatic heterocycles. The Morgan fingerprint density at radius 1 is 1.40 bits per heavy atom. The van der Waals surface area contributed by atoms with Gasteiger partial charge in [0.2, 0.25) is 0 Å². The Bertz CT molecular complexity index is 469. The van der Waals surface area contributed by atoms with Crippen LogP contribution in [0, 0.1) is 6.92 Å². The van der Waals surface area contributed by atoms with Gasteiger partial charge in [-0.2, -0.15) is 0 Å². The van der Waals surface area contributed by atoms with Crippen LogP contribution in [0.5, 0.6) is 0 Å². The summed E-state index contributed by atoms with van der Waals surface area (Å²) in [6.45, 7) is 8.07. The van der Waals surface area contributed by atoms with Crippen molar-refractivity contribution in [1.29, 1.82) is 0 Å². The Labute approximate surface area is 126 Å². The standard InChI is InChI=1S/C16H22ClNO2/c1-12-8-7-10-14(17)13(12)9-5-6-11-18-15(19)20-16(2,3)4/h5,7-10H,6,11H2,1-4H3,(H,18,19). The second-order valence-corrected chi connectivity index (χ2v) is 6.00. The van der Waals surface area contributed by atoms with Crippen LogP contribution in [0.1, 0.15) is 38.3 Å². The first kappa shape index (κ1) is 16.6. The molecule has 0 saturated carbocycles. The zero-order valence-corrected chi connectivity index (χ0v) is 13.3. The number of alkyl carbamates (subject to hydrolysis) is 1. The topological polar surface area (TPSA) is 38.3 Å². The molecule has 0 saturated heterocycles. The summed E-state index contributed by atoms with van der Waals surface area (Å²) < 4.78 is 5.15. The molecule has 0 aliphatic heterocycles. The molecule has 0 aliphatic carbocycles. The molecular formula is C16H22ClNO2. The lowest BCUT2D eigenvalue weighted by atomic mass is 10.1. The van der Waals surface area contributed by atoms with E-state index in [2.05, 4.69) is 5.32 Å². The smallest absolute Gasteiger partial charge is 0.407 e. The fraction of sp³-hybridized carbons (Fsp3) is 0.438. The molecule has 0 heterocycles. The molecule has 1 amide bonds. The lowest BCUT2D eigenvalue weighted by molar-refractivity contribution is 0.0529. The van der Waals surface area contributed by atoms with Gasteiger partial charge in [0.1, 0.15) is 5.60 Å². The number of carbonyl (C=O) groups is 1. The molecule has 0 atom stereocenters. The van der Waals surface area contributed by atoms with Gasteiger partial charge in [-0.15, -0.1) is 0 Å². The average molecular weight is 296 g/mol. The van der Waals surface area contributed by atoms with Crippen LogP contribution in [0.2, 0.25) is 5.02 Å². The Morgan fingerprint density at radius 3 is 2.70 bits per heavy atom. The number of ether oxygens (including phenoxy) is 1. The third-order valence-corrected chi connectivity index (χ3v) is 2.86. The van der Waals surface area contributed by atoms with Crippen molar-refractivity contribution in [3.8, 4) is 0 Å². The Balaban J connectivity index is 2.38. The third kappa shape index (κ3) is 6.11. The lowest BCUT2D eigenvalue weighted by Gasteiger charge is -2.19. The van der Waals surface area contributed by atoms with Crippen LogP contribution >= 0.6 is 11.6 Å². The summed E-state index contributed by atoms with van der Waals surface area (Å²) in [6, 6.07) is 5.82. The van der Waals surface area contributed by atoms with E-state index < -0.39 is 5.60 Å². The van der Waals surface area contributed by atoms with Gasteiger partial charge in [-0.3, -0.25) is 0 Å². The van der Waals surface area contributed by atoms with Crippen LogP contribution in [-0.4, -0.2) is 18.2 Å². The summed E-state index contributed by atoms with van der Waals surface area (Å²) in [5.41, 5.74) is 1.69. The zero-order valence-electron chi connectivity index (χ0n) is 12.5. The molecule has 110 valence electrons. The lowest BCUT2D eigenvalue weighted by Crippen LogP contribution is -2.32. The highest BCUT2D eigenvalue weighted by Crippen LogP contribution is 2.20. The highest BCUT2D eigenvalue weighted by Gasteiger charge is 2.15. The summed E-state index contributed by atoms with van der Waals surface area (Å²) in [4.78, 5) is 11.4. The Morgan fingerprint density at radius 2 is 2.10 bits per heavy atom. The van der Waals surface area contributed by atoms with Crippen LogP contribution in [0.15, 0.2) is 24.3 Å². The maximum absolute atomic E-state index is 11.4. The minimum absolute atomic E-state index is 0.389. The number of hydrogen-bond acceptors (Lipinski definition) is 2. The molecule has 0 bridgehead atoms. The first-order valence-electron chi connectivity index (χ1n) is 6.68. The van der Waals surface area contributed by atoms with E-state index in [-0.39, 0.29) is 6.09 Å². The first-order valence-corrected chi connectivity index (χ1v) is 7.06. The van der Waals surface area contributed by atoms with Crippen LogP contribution in [-0.2, 0) is 4.74 Å². The average Bonchev–Trinajstić information content (AvgIpc) is 2.29. The number of nitrogens with one attached hydrogen (secondary N) is 1. The molecule has 4 heteroatoms. The number of carbonyl (C=O) groups excluding carboxylic acids is 1. The van der Waals surface area contributed by atoms with Gasteiger partial charge in [0.25, 0.3) is 0 Å². The van der Waals surface area contributed by atoms with Crippen LogP contribution in [0.3, 0.4) is 0 Å². The molecule has 0 aliphatic rings. The molecule has 1 rings (SSSR count). The predicted octanol–water partition coefficient (Wildman–Crippen LogP) is 4.58. The van der Waals surface area contributed by atoms with Crippen molar-refractivity contribution in [2.75, 3.05) is 6.54 Å². The quantitative estimate of drug-likeness (QED) is 0.826. The maximum atomic E-state index is 11.4. The van der Waals surface area contributed by atoms with Gasteiger partial charge in [-0.25, -0.2) is 4.79 Å². The van der Waals surface area contributed by atoms with Gasteiger partial charge in [0, 0.05) is 11.6 Å². The van der Waals surface area contributed by atoms with Crippen molar-refractivity contribution in [2.45, 2.75) is 39.7 Å². The molecule has 0 unspecified atom stereocenters. The minimum atomic E-state index is -0.464. The largest absolute Gasteiger partial charge is 0.444 e. The number of hydrogen-bond donors (Lipinski definition) is 1. The SMILES string of the molecule is Cc1cccc(Cl)c1C=CCCNC(=O)OC(C)(C)C. The summed E-state index contributed by atoms with van der Waals surface area (Å²) in [5.74, 6) is 0. The van der Waals surface area contributed by atoms with E-state index in [1.165, 1.54) is 0 Å². The Kier molecular flexibility index (Phi) is 6.08. The molecular weight excluding hydrogens is 274 g/mol. The number of rotatable bonds is 4. The molecule has 1 aromatic carbocycles. The molecule has 1 N–H and O–H groups in total. The Hall–Kier alpha value is -1.48. The second kappa shape index (κ2) is 7.34. The van der Waals surface area contributed by atoms with Gasteiger partial charge in [0.05, 0.1) is 0 Å². The number of benzene rings is 1. The van der Waals surface area contributed by atoms with E-state index in [1.807, 2.05) is 58.0 Å². The van der Waals surface area contributed by atoms with E-state index >= 15 is 0 Å². The van der Waals surface area contributed by atoms with Crippen LogP contribution in [0.4, 0.5) is 4.79 Å². The van der Waals surface area contributed by atoms with E-state index in [0.717, 1.165) is 22.6 Å². The number of halogens is 1. The number of amides is 1. The highest BCUT2D eigenvalue weighted by molar-refractivity contribution is 6.32. The maximum Gasteiger partial charge on any atom is 0.407 e. The summed E-state index contributed by atoms with van der Waals surface area (Å²) in [6.07, 6.45) is 4.31. The predicted molar refractivity (Wildman–Crippen MR) is 84.1 cm³/mol. The van der Waals surface area contributed by atoms with E-state index in [0.29, 0.717) is 6.54 Å². The normalized spacial score (nSPS) is 11.7. The molecule has 3 nitrogen and oxygen atoms in total. The van der Waals surface area contributed by atoms with Crippen molar-refractivity contribution in [1.82, 2.24) is 5.32 Å². The molecule has 0 spiro atoms. The van der Waals surface area contributed by atoms with Crippen LogP contribution < -0.4 is 5.32 Å². The highest BCUT2D eigenvalue weighted by atomic mass is 35.5. The molecule has 1 aromatic rings. The molecule has 0 radical (unpaired) electrons. The number of aryl methyl sites for hydroxylation is 1. The third-order valence-electron chi connectivity index (χ3n) is 2.53. The summed E-state index contributed by atoms with van der Waals surface area (Å²) in [7, 11) is 0. The fourth-order valence-electron chi connectivity index (χ4n) is 1.63. The molecule has 20 heavy (non-hydrogen) atoms. The van der Waals surface area contributed by atoms with Crippen molar-refractivity contribution >= 4 is 23.8 Å². The fourth-order valence-corrected chi connectivity index (χ4v) is 1.91. The monoisotopic (exact) mass is 295 g/mol. The van der Waals surface area contributed by atoms with Gasteiger partial charge in [-0.05, 0) is 51.3 Å². The zero-order chi connectivity index (χ0) is 15.2. The molecule has 0 fully saturated rings. The van der Waals surface area contributed by atoms with Gasteiger partial charge < -0.3 is 10.1 Å². The first-order chi connectivity index (χ1) is 9.29. The van der Waals surface area contributed by atoms with Gasteiger partial charge in [-0.1, -0.05) is 35.9 Å². The summed E-state index contributed by atoms with van der Waals surface area (Å²) >= 11 is 6.12. The van der Waals surface area contributed by atoms with Crippen molar-refractivity contribution in [3.05, 3.63) is 40.4 Å². The van der Waals surface area contributed by atoms with Crippen molar-refractivity contribution in [2.24, 2.45) is 0 Å². The van der Waals surface area contributed by atoms with Gasteiger partial charge in [0.15, 0.2) is 0 Å². The van der Waals surface area contributed by atoms with E-state index in [4.69, 9.17) is 16.3 Å². The second-order valence-electron chi connectivity index (χ2n) is 5.59. The van der Waals surface area contributed by atoms with Crippen LogP contribution in [0.25, 0.3) is 6.08 Å². The minimum Gasteiger partial charge on any atom is -0.444 e.